The lowest BCUT2D eigenvalue weighted by Gasteiger charge is -2.35. The van der Waals surface area contributed by atoms with Crippen molar-refractivity contribution in [2.75, 3.05) is 0 Å². The lowest BCUT2D eigenvalue weighted by Crippen LogP contribution is -2.41. The summed E-state index contributed by atoms with van der Waals surface area (Å²) in [6.07, 6.45) is 0.765. The van der Waals surface area contributed by atoms with Gasteiger partial charge in [-0.25, -0.2) is 0 Å². The topological polar surface area (TPSA) is 43.4 Å². The van der Waals surface area contributed by atoms with Gasteiger partial charge in [0.2, 0.25) is 0 Å². The van der Waals surface area contributed by atoms with Crippen molar-refractivity contribution in [1.82, 2.24) is 0 Å². The number of hydrogen-bond donors (Lipinski definition) is 0. The van der Waals surface area contributed by atoms with E-state index in [1.807, 2.05) is 27.7 Å². The lowest BCUT2D eigenvalue weighted by molar-refractivity contribution is -0.155. The Bertz CT molecular complexity index is 283. The minimum Gasteiger partial charge on any atom is -0.458 e. The molecule has 3 nitrogen and oxygen atoms in total. The van der Waals surface area contributed by atoms with Crippen LogP contribution in [0, 0.1) is 17.8 Å². The fraction of sp³-hybridized carbons (Fsp3) is 0.833. The Hall–Kier alpha value is -0.860. The van der Waals surface area contributed by atoms with E-state index in [4.69, 9.17) is 4.74 Å². The van der Waals surface area contributed by atoms with Crippen molar-refractivity contribution in [3.8, 4) is 0 Å². The van der Waals surface area contributed by atoms with Crippen molar-refractivity contribution in [3.05, 3.63) is 0 Å². The van der Waals surface area contributed by atoms with E-state index in [-0.39, 0.29) is 23.6 Å². The minimum atomic E-state index is -0.563. The van der Waals surface area contributed by atoms with Crippen LogP contribution in [0.25, 0.3) is 0 Å². The van der Waals surface area contributed by atoms with Crippen LogP contribution in [-0.4, -0.2) is 17.4 Å². The normalized spacial score (nSPS) is 35.7. The van der Waals surface area contributed by atoms with E-state index in [2.05, 4.69) is 0 Å². The van der Waals surface area contributed by atoms with Crippen LogP contribution >= 0.6 is 0 Å². The molecule has 0 spiro atoms. The number of cyclic esters (lactones) is 1. The lowest BCUT2D eigenvalue weighted by atomic mass is 9.73. The van der Waals surface area contributed by atoms with Crippen molar-refractivity contribution in [2.45, 2.75) is 46.6 Å². The van der Waals surface area contributed by atoms with Crippen LogP contribution < -0.4 is 0 Å². The van der Waals surface area contributed by atoms with Crippen LogP contribution in [0.15, 0.2) is 0 Å². The molecule has 1 aliphatic rings. The number of ketones is 1. The van der Waals surface area contributed by atoms with Gasteiger partial charge in [-0.2, -0.15) is 0 Å². The second kappa shape index (κ2) is 3.95. The summed E-state index contributed by atoms with van der Waals surface area (Å²) in [4.78, 5) is 23.1. The fourth-order valence-electron chi connectivity index (χ4n) is 2.79. The highest BCUT2D eigenvalue weighted by atomic mass is 16.6. The first-order valence-electron chi connectivity index (χ1n) is 5.60. The van der Waals surface area contributed by atoms with Gasteiger partial charge < -0.3 is 4.74 Å². The van der Waals surface area contributed by atoms with Crippen molar-refractivity contribution >= 4 is 11.8 Å². The molecular weight excluding hydrogens is 192 g/mol. The standard InChI is InChI=1S/C12H20O3/c1-6-12(7(2)3)8(4)10(9(5)13)11(14)15-12/h7-8,10H,6H2,1-5H3. The first-order chi connectivity index (χ1) is 6.86. The van der Waals surface area contributed by atoms with Gasteiger partial charge in [0.25, 0.3) is 0 Å². The molecule has 0 aromatic rings. The smallest absolute Gasteiger partial charge is 0.317 e. The minimum absolute atomic E-state index is 0.0208. The van der Waals surface area contributed by atoms with E-state index < -0.39 is 11.5 Å². The van der Waals surface area contributed by atoms with Crippen LogP contribution in [0.3, 0.4) is 0 Å². The van der Waals surface area contributed by atoms with Crippen LogP contribution in [0.5, 0.6) is 0 Å². The highest BCUT2D eigenvalue weighted by Crippen LogP contribution is 2.44. The van der Waals surface area contributed by atoms with Gasteiger partial charge >= 0.3 is 5.97 Å². The zero-order chi connectivity index (χ0) is 11.8. The molecule has 1 aliphatic heterocycles. The highest BCUT2D eigenvalue weighted by molar-refractivity contribution is 5.99. The van der Waals surface area contributed by atoms with Gasteiger partial charge in [-0.3, -0.25) is 9.59 Å². The molecule has 1 heterocycles. The van der Waals surface area contributed by atoms with Crippen LogP contribution in [-0.2, 0) is 14.3 Å². The third kappa shape index (κ3) is 1.68. The van der Waals surface area contributed by atoms with Crippen molar-refractivity contribution in [2.24, 2.45) is 17.8 Å². The summed E-state index contributed by atoms with van der Waals surface area (Å²) in [6, 6.07) is 0. The van der Waals surface area contributed by atoms with Gasteiger partial charge in [-0.05, 0) is 19.3 Å². The van der Waals surface area contributed by atoms with E-state index in [9.17, 15) is 9.59 Å². The molecule has 3 heteroatoms. The maximum atomic E-state index is 11.7. The summed E-state index contributed by atoms with van der Waals surface area (Å²) >= 11 is 0. The molecule has 0 aromatic carbocycles. The summed E-state index contributed by atoms with van der Waals surface area (Å²) in [5.41, 5.74) is -0.451. The van der Waals surface area contributed by atoms with Crippen molar-refractivity contribution in [1.29, 1.82) is 0 Å². The first kappa shape index (κ1) is 12.2. The first-order valence-corrected chi connectivity index (χ1v) is 5.60. The van der Waals surface area contributed by atoms with Crippen molar-refractivity contribution < 1.29 is 14.3 Å². The fourth-order valence-corrected chi connectivity index (χ4v) is 2.79. The SMILES string of the molecule is CCC1(C(C)C)OC(=O)C(C(C)=O)C1C. The molecule has 0 aromatic heterocycles. The largest absolute Gasteiger partial charge is 0.458 e. The van der Waals surface area contributed by atoms with E-state index >= 15 is 0 Å². The third-order valence-corrected chi connectivity index (χ3v) is 3.78. The molecule has 0 amide bonds. The zero-order valence-corrected chi connectivity index (χ0v) is 10.2. The number of carbonyl (C=O) groups excluding carboxylic acids is 2. The molecule has 3 unspecified atom stereocenters. The molecule has 15 heavy (non-hydrogen) atoms. The summed E-state index contributed by atoms with van der Waals surface area (Å²) < 4.78 is 5.49. The predicted octanol–water partition coefficient (Wildman–Crippen LogP) is 2.19. The Morgan fingerprint density at radius 3 is 2.27 bits per heavy atom. The second-order valence-corrected chi connectivity index (χ2v) is 4.76. The van der Waals surface area contributed by atoms with Crippen LogP contribution in [0.4, 0.5) is 0 Å². The number of hydrogen-bond acceptors (Lipinski definition) is 3. The molecule has 0 saturated carbocycles. The van der Waals surface area contributed by atoms with E-state index in [0.717, 1.165) is 6.42 Å². The average molecular weight is 212 g/mol. The number of Topliss-reactive ketones (excluding diaryl/α,β-unsaturated/α-hetero) is 1. The molecule has 1 fully saturated rings. The maximum Gasteiger partial charge on any atom is 0.317 e. The molecule has 3 atom stereocenters. The Labute approximate surface area is 91.2 Å². The van der Waals surface area contributed by atoms with Gasteiger partial charge in [0.15, 0.2) is 0 Å². The maximum absolute atomic E-state index is 11.7. The van der Waals surface area contributed by atoms with Gasteiger partial charge in [-0.15, -0.1) is 0 Å². The number of ether oxygens (including phenoxy) is 1. The number of esters is 1. The molecule has 0 N–H and O–H groups in total. The Morgan fingerprint density at radius 1 is 1.53 bits per heavy atom. The Balaban J connectivity index is 3.07. The summed E-state index contributed by atoms with van der Waals surface area (Å²) in [5, 5.41) is 0. The highest BCUT2D eigenvalue weighted by Gasteiger charge is 2.55. The Morgan fingerprint density at radius 2 is 2.07 bits per heavy atom. The van der Waals surface area contributed by atoms with E-state index in [1.54, 1.807) is 0 Å². The number of rotatable bonds is 3. The summed E-state index contributed by atoms with van der Waals surface area (Å²) in [6.45, 7) is 9.49. The van der Waals surface area contributed by atoms with Crippen LogP contribution in [0.2, 0.25) is 0 Å². The van der Waals surface area contributed by atoms with Gasteiger partial charge in [0.05, 0.1) is 0 Å². The molecule has 1 rings (SSSR count). The van der Waals surface area contributed by atoms with Gasteiger partial charge in [-0.1, -0.05) is 27.7 Å². The molecule has 0 bridgehead atoms. The molecule has 0 aliphatic carbocycles. The van der Waals surface area contributed by atoms with E-state index in [1.165, 1.54) is 6.92 Å². The monoisotopic (exact) mass is 212 g/mol. The summed E-state index contributed by atoms with van der Waals surface area (Å²) in [5.74, 6) is -0.764. The van der Waals surface area contributed by atoms with E-state index in [0.29, 0.717) is 0 Å². The molecule has 0 radical (unpaired) electrons. The molecular formula is C12H20O3. The molecule has 1 saturated heterocycles. The zero-order valence-electron chi connectivity index (χ0n) is 10.2. The number of carbonyl (C=O) groups is 2. The third-order valence-electron chi connectivity index (χ3n) is 3.78. The molecule has 86 valence electrons. The Kier molecular flexibility index (Phi) is 3.22. The predicted molar refractivity (Wildman–Crippen MR) is 57.3 cm³/mol. The van der Waals surface area contributed by atoms with Gasteiger partial charge in [0.1, 0.15) is 17.3 Å². The van der Waals surface area contributed by atoms with Crippen LogP contribution in [0.1, 0.15) is 41.0 Å². The average Bonchev–Trinajstić information content (AvgIpc) is 2.38. The van der Waals surface area contributed by atoms with Gasteiger partial charge in [0, 0.05) is 5.92 Å². The summed E-state index contributed by atoms with van der Waals surface area (Å²) in [7, 11) is 0. The van der Waals surface area contributed by atoms with Crippen molar-refractivity contribution in [3.63, 3.8) is 0 Å². The quantitative estimate of drug-likeness (QED) is 0.532. The second-order valence-electron chi connectivity index (χ2n) is 4.76.